The van der Waals surface area contributed by atoms with Crippen LogP contribution in [-0.4, -0.2) is 61.8 Å². The Morgan fingerprint density at radius 3 is 2.77 bits per heavy atom. The minimum atomic E-state index is -1.45. The van der Waals surface area contributed by atoms with E-state index in [4.69, 9.17) is 9.26 Å². The summed E-state index contributed by atoms with van der Waals surface area (Å²) >= 11 is 0. The number of nitrogens with one attached hydrogen (secondary N) is 2. The van der Waals surface area contributed by atoms with E-state index in [9.17, 15) is 29.0 Å². The number of rotatable bonds is 6. The van der Waals surface area contributed by atoms with Crippen LogP contribution in [0.3, 0.4) is 0 Å². The molecule has 0 bridgehead atoms. The van der Waals surface area contributed by atoms with Crippen molar-refractivity contribution in [2.45, 2.75) is 57.6 Å². The van der Waals surface area contributed by atoms with Crippen molar-refractivity contribution in [3.63, 3.8) is 0 Å². The molecular weight excluding hydrogens is 403 g/mol. The van der Waals surface area contributed by atoms with Crippen LogP contribution < -0.4 is 16.6 Å². The molecule has 3 heterocycles. The summed E-state index contributed by atoms with van der Waals surface area (Å²) in [4.78, 5) is 36.9. The average molecular weight is 426 g/mol. The fraction of sp³-hybridized carbons (Fsp3) is 0.556. The standard InChI is InChI=1S/C18H23FN4O7/c1-8-10(9(2)30-22-8)3-4-14(24)20-12-7-29-13(16(26)15(12)25)6-23-5-11(19)17(27)21-18(23)28/h5,12-13,15-16,25-26H,3-4,6-7H2,1-2H3,(H,20,24)(H,21,27,28)/t12-,13-,15+,16-/m1/s1. The summed E-state index contributed by atoms with van der Waals surface area (Å²) in [6, 6.07) is -0.863. The van der Waals surface area contributed by atoms with Gasteiger partial charge >= 0.3 is 5.69 Å². The van der Waals surface area contributed by atoms with E-state index >= 15 is 0 Å². The molecule has 0 aliphatic carbocycles. The fourth-order valence-corrected chi connectivity index (χ4v) is 3.36. The quantitative estimate of drug-likeness (QED) is 0.435. The van der Waals surface area contributed by atoms with Crippen molar-refractivity contribution in [1.82, 2.24) is 20.0 Å². The van der Waals surface area contributed by atoms with E-state index in [1.54, 1.807) is 18.8 Å². The number of nitrogens with zero attached hydrogens (tertiary/aromatic N) is 2. The van der Waals surface area contributed by atoms with Gasteiger partial charge in [-0.3, -0.25) is 19.1 Å². The second-order valence-electron chi connectivity index (χ2n) is 7.22. The number of halogens is 1. The predicted molar refractivity (Wildman–Crippen MR) is 99.3 cm³/mol. The van der Waals surface area contributed by atoms with Crippen LogP contribution in [0.4, 0.5) is 4.39 Å². The summed E-state index contributed by atoms with van der Waals surface area (Å²) in [5.74, 6) is -0.885. The molecule has 3 rings (SSSR count). The molecule has 0 saturated carbocycles. The number of hydrogen-bond acceptors (Lipinski definition) is 8. The maximum atomic E-state index is 13.4. The number of aromatic nitrogens is 3. The van der Waals surface area contributed by atoms with Crippen LogP contribution in [0.25, 0.3) is 0 Å². The third-order valence-corrected chi connectivity index (χ3v) is 5.11. The molecule has 0 spiro atoms. The molecule has 2 aromatic rings. The van der Waals surface area contributed by atoms with Crippen molar-refractivity contribution in [2.24, 2.45) is 0 Å². The molecule has 11 nitrogen and oxygen atoms in total. The van der Waals surface area contributed by atoms with Gasteiger partial charge in [0.1, 0.15) is 24.1 Å². The van der Waals surface area contributed by atoms with E-state index < -0.39 is 41.4 Å². The van der Waals surface area contributed by atoms with Crippen molar-refractivity contribution in [3.05, 3.63) is 49.9 Å². The lowest BCUT2D eigenvalue weighted by atomic mass is 9.97. The van der Waals surface area contributed by atoms with Crippen molar-refractivity contribution in [1.29, 1.82) is 0 Å². The third-order valence-electron chi connectivity index (χ3n) is 5.11. The molecule has 12 heteroatoms. The maximum Gasteiger partial charge on any atom is 0.328 e. The summed E-state index contributed by atoms with van der Waals surface area (Å²) in [7, 11) is 0. The number of carbonyl (C=O) groups excluding carboxylic acids is 1. The minimum absolute atomic E-state index is 0.123. The van der Waals surface area contributed by atoms with Crippen LogP contribution in [0.1, 0.15) is 23.4 Å². The predicted octanol–water partition coefficient (Wildman–Crippen LogP) is -1.48. The lowest BCUT2D eigenvalue weighted by molar-refractivity contribution is -0.158. The zero-order valence-electron chi connectivity index (χ0n) is 16.4. The van der Waals surface area contributed by atoms with Gasteiger partial charge in [0.2, 0.25) is 11.7 Å². The van der Waals surface area contributed by atoms with Gasteiger partial charge in [0.15, 0.2) is 0 Å². The third kappa shape index (κ3) is 4.66. The summed E-state index contributed by atoms with van der Waals surface area (Å²) < 4.78 is 24.8. The molecule has 164 valence electrons. The van der Waals surface area contributed by atoms with Gasteiger partial charge in [-0.2, -0.15) is 4.39 Å². The molecule has 4 N–H and O–H groups in total. The Morgan fingerprint density at radius 2 is 2.10 bits per heavy atom. The SMILES string of the molecule is Cc1noc(C)c1CCC(=O)N[C@@H]1CO[C@H](Cn2cc(F)c(=O)[nH]c2=O)[C@@H](O)[C@H]1O. The fourth-order valence-electron chi connectivity index (χ4n) is 3.36. The average Bonchev–Trinajstić information content (AvgIpc) is 3.01. The lowest BCUT2D eigenvalue weighted by Crippen LogP contribution is -2.60. The molecule has 0 aromatic carbocycles. The van der Waals surface area contributed by atoms with Gasteiger partial charge in [-0.1, -0.05) is 5.16 Å². The van der Waals surface area contributed by atoms with Crippen LogP contribution in [0, 0.1) is 19.7 Å². The van der Waals surface area contributed by atoms with Crippen molar-refractivity contribution >= 4 is 5.91 Å². The lowest BCUT2D eigenvalue weighted by Gasteiger charge is -2.38. The molecule has 2 aromatic heterocycles. The van der Waals surface area contributed by atoms with Crippen molar-refractivity contribution in [2.75, 3.05) is 6.61 Å². The number of ether oxygens (including phenoxy) is 1. The highest BCUT2D eigenvalue weighted by atomic mass is 19.1. The van der Waals surface area contributed by atoms with E-state index in [1.807, 2.05) is 0 Å². The largest absolute Gasteiger partial charge is 0.388 e. The van der Waals surface area contributed by atoms with E-state index in [-0.39, 0.29) is 25.5 Å². The van der Waals surface area contributed by atoms with E-state index in [0.29, 0.717) is 24.1 Å². The van der Waals surface area contributed by atoms with Gasteiger partial charge in [-0.15, -0.1) is 0 Å². The topological polar surface area (TPSA) is 160 Å². The highest BCUT2D eigenvalue weighted by molar-refractivity contribution is 5.76. The maximum absolute atomic E-state index is 13.4. The van der Waals surface area contributed by atoms with Gasteiger partial charge in [-0.25, -0.2) is 4.79 Å². The first kappa shape index (κ1) is 21.9. The van der Waals surface area contributed by atoms with Crippen LogP contribution in [0.5, 0.6) is 0 Å². The van der Waals surface area contributed by atoms with Gasteiger partial charge in [0.05, 0.1) is 31.1 Å². The summed E-state index contributed by atoms with van der Waals surface area (Å²) in [6.45, 7) is 3.11. The van der Waals surface area contributed by atoms with Gasteiger partial charge in [-0.05, 0) is 20.3 Å². The number of amides is 1. The second kappa shape index (κ2) is 8.90. The molecule has 1 aliphatic rings. The van der Waals surface area contributed by atoms with Gasteiger partial charge in [0, 0.05) is 12.0 Å². The smallest absolute Gasteiger partial charge is 0.328 e. The first-order valence-electron chi connectivity index (χ1n) is 9.35. The Hall–Kier alpha value is -2.83. The molecule has 1 fully saturated rings. The van der Waals surface area contributed by atoms with Gasteiger partial charge < -0.3 is 24.8 Å². The number of aromatic amines is 1. The number of aliphatic hydroxyl groups excluding tert-OH is 2. The Bertz CT molecular complexity index is 1010. The number of aryl methyl sites for hydroxylation is 2. The molecule has 4 atom stereocenters. The second-order valence-corrected chi connectivity index (χ2v) is 7.22. The van der Waals surface area contributed by atoms with Crippen LogP contribution >= 0.6 is 0 Å². The van der Waals surface area contributed by atoms with Crippen LogP contribution in [-0.2, 0) is 22.5 Å². The molecular formula is C18H23FN4O7. The van der Waals surface area contributed by atoms with Crippen LogP contribution in [0.2, 0.25) is 0 Å². The van der Waals surface area contributed by atoms with E-state index in [2.05, 4.69) is 10.5 Å². The van der Waals surface area contributed by atoms with Crippen LogP contribution in [0.15, 0.2) is 20.3 Å². The molecule has 1 aliphatic heterocycles. The highest BCUT2D eigenvalue weighted by Gasteiger charge is 2.39. The van der Waals surface area contributed by atoms with E-state index in [1.165, 1.54) is 0 Å². The van der Waals surface area contributed by atoms with Crippen molar-refractivity contribution < 1.29 is 28.7 Å². The zero-order valence-corrected chi connectivity index (χ0v) is 16.4. The van der Waals surface area contributed by atoms with Crippen molar-refractivity contribution in [3.8, 4) is 0 Å². The number of carbonyl (C=O) groups is 1. The molecule has 1 saturated heterocycles. The molecule has 1 amide bonds. The summed E-state index contributed by atoms with van der Waals surface area (Å²) in [5, 5.41) is 27.1. The first-order valence-corrected chi connectivity index (χ1v) is 9.35. The zero-order chi connectivity index (χ0) is 22.0. The first-order chi connectivity index (χ1) is 14.2. The monoisotopic (exact) mass is 426 g/mol. The normalized spacial score (nSPS) is 24.0. The van der Waals surface area contributed by atoms with E-state index in [0.717, 1.165) is 10.1 Å². The Labute approximate surface area is 169 Å². The molecule has 30 heavy (non-hydrogen) atoms. The number of hydrogen-bond donors (Lipinski definition) is 4. The highest BCUT2D eigenvalue weighted by Crippen LogP contribution is 2.18. The summed E-state index contributed by atoms with van der Waals surface area (Å²) in [6.07, 6.45) is -2.63. The Balaban J connectivity index is 1.57. The number of H-pyrrole nitrogens is 1. The Morgan fingerprint density at radius 1 is 1.37 bits per heavy atom. The Kier molecular flexibility index (Phi) is 6.48. The summed E-state index contributed by atoms with van der Waals surface area (Å²) in [5.41, 5.74) is -0.486. The minimum Gasteiger partial charge on any atom is -0.388 e. The van der Waals surface area contributed by atoms with Gasteiger partial charge in [0.25, 0.3) is 5.56 Å². The molecule has 0 radical (unpaired) electrons. The number of aliphatic hydroxyl groups is 2. The molecule has 0 unspecified atom stereocenters.